The number of amides is 1. The third kappa shape index (κ3) is 5.28. The second kappa shape index (κ2) is 9.72. The number of aromatic amines is 1. The molecule has 8 heteroatoms. The molecule has 8 nitrogen and oxygen atoms in total. The van der Waals surface area contributed by atoms with Crippen molar-refractivity contribution in [2.75, 3.05) is 39.3 Å². The molecule has 162 valence electrons. The number of hydrogen-bond acceptors (Lipinski definition) is 5. The van der Waals surface area contributed by atoms with Gasteiger partial charge in [0.2, 0.25) is 5.91 Å². The van der Waals surface area contributed by atoms with Gasteiger partial charge in [-0.15, -0.1) is 0 Å². The van der Waals surface area contributed by atoms with Gasteiger partial charge in [0.05, 0.1) is 10.8 Å². The molecule has 0 bridgehead atoms. The number of carbonyl (C=O) groups is 1. The molecule has 0 aliphatic carbocycles. The van der Waals surface area contributed by atoms with E-state index in [0.717, 1.165) is 44.0 Å². The number of benzene rings is 2. The highest BCUT2D eigenvalue weighted by atomic mass is 16.2. The van der Waals surface area contributed by atoms with Crippen LogP contribution in [0.2, 0.25) is 0 Å². The fraction of sp³-hybridized carbons (Fsp3) is 0.348. The fourth-order valence-corrected chi connectivity index (χ4v) is 3.92. The summed E-state index contributed by atoms with van der Waals surface area (Å²) in [4.78, 5) is 41.7. The Morgan fingerprint density at radius 2 is 1.52 bits per heavy atom. The van der Waals surface area contributed by atoms with Crippen LogP contribution in [0.15, 0.2) is 64.2 Å². The maximum absolute atomic E-state index is 12.5. The molecule has 1 amide bonds. The average Bonchev–Trinajstić information content (AvgIpc) is 2.79. The van der Waals surface area contributed by atoms with Gasteiger partial charge in [0.1, 0.15) is 6.54 Å². The Labute approximate surface area is 180 Å². The topological polar surface area (TPSA) is 90.4 Å². The third-order valence-electron chi connectivity index (χ3n) is 5.65. The highest BCUT2D eigenvalue weighted by molar-refractivity contribution is 5.81. The molecule has 0 spiro atoms. The second-order valence-electron chi connectivity index (χ2n) is 7.83. The van der Waals surface area contributed by atoms with Crippen LogP contribution in [0.3, 0.4) is 0 Å². The van der Waals surface area contributed by atoms with Crippen molar-refractivity contribution in [2.24, 2.45) is 0 Å². The molecule has 2 aromatic carbocycles. The van der Waals surface area contributed by atoms with E-state index in [1.54, 1.807) is 24.3 Å². The van der Waals surface area contributed by atoms with Crippen molar-refractivity contribution in [3.05, 3.63) is 80.9 Å². The van der Waals surface area contributed by atoms with Crippen LogP contribution in [-0.2, 0) is 17.9 Å². The predicted octanol–water partition coefficient (Wildman–Crippen LogP) is 0.624. The van der Waals surface area contributed by atoms with Gasteiger partial charge in [-0.1, -0.05) is 42.5 Å². The second-order valence-corrected chi connectivity index (χ2v) is 7.83. The highest BCUT2D eigenvalue weighted by Crippen LogP contribution is 2.08. The van der Waals surface area contributed by atoms with Crippen molar-refractivity contribution in [1.82, 2.24) is 24.9 Å². The zero-order valence-corrected chi connectivity index (χ0v) is 17.4. The summed E-state index contributed by atoms with van der Waals surface area (Å²) in [5.74, 6) is -0.296. The molecule has 4 rings (SSSR count). The Bertz CT molecular complexity index is 1150. The summed E-state index contributed by atoms with van der Waals surface area (Å²) in [7, 11) is 0. The molecule has 0 unspecified atom stereocenters. The van der Waals surface area contributed by atoms with Gasteiger partial charge in [-0.25, -0.2) is 4.68 Å². The molecule has 1 saturated heterocycles. The molecule has 1 fully saturated rings. The van der Waals surface area contributed by atoms with Crippen LogP contribution in [0.5, 0.6) is 0 Å². The minimum atomic E-state index is -0.378. The first-order valence-electron chi connectivity index (χ1n) is 10.6. The number of rotatable bonds is 7. The van der Waals surface area contributed by atoms with Crippen molar-refractivity contribution in [3.63, 3.8) is 0 Å². The number of nitrogens with zero attached hydrogens (tertiary/aromatic N) is 3. The van der Waals surface area contributed by atoms with Crippen LogP contribution in [0.1, 0.15) is 5.56 Å². The molecule has 31 heavy (non-hydrogen) atoms. The van der Waals surface area contributed by atoms with E-state index in [-0.39, 0.29) is 23.6 Å². The number of fused-ring (bicyclic) bond motifs is 1. The minimum absolute atomic E-state index is 0.205. The van der Waals surface area contributed by atoms with Crippen LogP contribution >= 0.6 is 0 Å². The van der Waals surface area contributed by atoms with Gasteiger partial charge in [0.25, 0.3) is 11.1 Å². The van der Waals surface area contributed by atoms with Gasteiger partial charge in [-0.3, -0.25) is 29.3 Å². The Kier molecular flexibility index (Phi) is 6.59. The number of carbonyl (C=O) groups excluding carboxylic acids is 1. The lowest BCUT2D eigenvalue weighted by Gasteiger charge is -2.34. The smallest absolute Gasteiger partial charge is 0.273 e. The normalized spacial score (nSPS) is 15.2. The van der Waals surface area contributed by atoms with Crippen LogP contribution in [0, 0.1) is 0 Å². The van der Waals surface area contributed by atoms with E-state index < -0.39 is 0 Å². The fourth-order valence-electron chi connectivity index (χ4n) is 3.92. The first-order valence-corrected chi connectivity index (χ1v) is 10.6. The Balaban J connectivity index is 1.22. The van der Waals surface area contributed by atoms with E-state index in [1.165, 1.54) is 5.56 Å². The standard InChI is InChI=1S/C23H27N5O3/c29-21(17-28-23(31)20-9-5-4-8-19(20)22(30)25-28)24-10-11-26-12-14-27(15-13-26)16-18-6-2-1-3-7-18/h1-9H,10-17H2,(H,24,29)(H,25,30). The summed E-state index contributed by atoms with van der Waals surface area (Å²) in [6.07, 6.45) is 0. The van der Waals surface area contributed by atoms with Crippen molar-refractivity contribution in [1.29, 1.82) is 0 Å². The number of piperazine rings is 1. The Hall–Kier alpha value is -3.23. The molecule has 1 aromatic heterocycles. The maximum atomic E-state index is 12.5. The Morgan fingerprint density at radius 3 is 2.26 bits per heavy atom. The van der Waals surface area contributed by atoms with E-state index in [0.29, 0.717) is 17.3 Å². The highest BCUT2D eigenvalue weighted by Gasteiger charge is 2.17. The summed E-state index contributed by atoms with van der Waals surface area (Å²) < 4.78 is 1.07. The summed E-state index contributed by atoms with van der Waals surface area (Å²) in [6.45, 7) is 5.93. The summed E-state index contributed by atoms with van der Waals surface area (Å²) in [5.41, 5.74) is 0.571. The van der Waals surface area contributed by atoms with E-state index in [4.69, 9.17) is 0 Å². The summed E-state index contributed by atoms with van der Waals surface area (Å²) in [6, 6.07) is 17.1. The SMILES string of the molecule is O=C(Cn1[nH]c(=O)c2ccccc2c1=O)NCCN1CCN(Cc2ccccc2)CC1. The molecule has 0 radical (unpaired) electrons. The number of hydrogen-bond donors (Lipinski definition) is 2. The van der Waals surface area contributed by atoms with Crippen LogP contribution < -0.4 is 16.4 Å². The first kappa shape index (κ1) is 21.0. The Morgan fingerprint density at radius 1 is 0.871 bits per heavy atom. The van der Waals surface area contributed by atoms with Crippen molar-refractivity contribution in [2.45, 2.75) is 13.1 Å². The molecule has 0 atom stereocenters. The van der Waals surface area contributed by atoms with Gasteiger partial charge in [-0.05, 0) is 17.7 Å². The van der Waals surface area contributed by atoms with E-state index in [2.05, 4.69) is 44.5 Å². The van der Waals surface area contributed by atoms with Crippen LogP contribution in [-0.4, -0.2) is 64.8 Å². The van der Waals surface area contributed by atoms with Gasteiger partial charge < -0.3 is 5.32 Å². The van der Waals surface area contributed by atoms with Gasteiger partial charge in [0, 0.05) is 45.8 Å². The van der Waals surface area contributed by atoms with E-state index >= 15 is 0 Å². The zero-order chi connectivity index (χ0) is 21.6. The monoisotopic (exact) mass is 421 g/mol. The molecule has 1 aliphatic heterocycles. The molecule has 3 aromatic rings. The quantitative estimate of drug-likeness (QED) is 0.584. The van der Waals surface area contributed by atoms with Crippen LogP contribution in [0.25, 0.3) is 10.8 Å². The number of nitrogens with one attached hydrogen (secondary N) is 2. The predicted molar refractivity (Wildman–Crippen MR) is 120 cm³/mol. The maximum Gasteiger partial charge on any atom is 0.273 e. The van der Waals surface area contributed by atoms with E-state index in [9.17, 15) is 14.4 Å². The molecule has 1 aliphatic rings. The van der Waals surface area contributed by atoms with Gasteiger partial charge in [0.15, 0.2) is 0 Å². The summed E-state index contributed by atoms with van der Waals surface area (Å²) in [5, 5.41) is 5.98. The average molecular weight is 422 g/mol. The molecule has 2 N–H and O–H groups in total. The zero-order valence-electron chi connectivity index (χ0n) is 17.4. The molecule has 2 heterocycles. The lowest BCUT2D eigenvalue weighted by molar-refractivity contribution is -0.122. The molecular formula is C23H27N5O3. The van der Waals surface area contributed by atoms with Crippen LogP contribution in [0.4, 0.5) is 0 Å². The minimum Gasteiger partial charge on any atom is -0.353 e. The largest absolute Gasteiger partial charge is 0.353 e. The van der Waals surface area contributed by atoms with Crippen molar-refractivity contribution < 1.29 is 4.79 Å². The lowest BCUT2D eigenvalue weighted by Crippen LogP contribution is -2.48. The lowest BCUT2D eigenvalue weighted by atomic mass is 10.2. The number of aromatic nitrogens is 2. The summed E-state index contributed by atoms with van der Waals surface area (Å²) >= 11 is 0. The van der Waals surface area contributed by atoms with Crippen molar-refractivity contribution in [3.8, 4) is 0 Å². The third-order valence-corrected chi connectivity index (χ3v) is 5.65. The van der Waals surface area contributed by atoms with E-state index in [1.807, 2.05) is 6.07 Å². The first-order chi connectivity index (χ1) is 15.1. The van der Waals surface area contributed by atoms with Gasteiger partial charge >= 0.3 is 0 Å². The van der Waals surface area contributed by atoms with Gasteiger partial charge in [-0.2, -0.15) is 0 Å². The number of H-pyrrole nitrogens is 1. The molecule has 0 saturated carbocycles. The van der Waals surface area contributed by atoms with Crippen molar-refractivity contribution >= 4 is 16.7 Å². The molecular weight excluding hydrogens is 394 g/mol.